The van der Waals surface area contributed by atoms with E-state index in [9.17, 15) is 14.4 Å². The number of rotatable bonds is 5. The van der Waals surface area contributed by atoms with Crippen LogP contribution in [0.2, 0.25) is 0 Å². The molecule has 0 radical (unpaired) electrons. The van der Waals surface area contributed by atoms with Crippen LogP contribution in [0.25, 0.3) is 0 Å². The van der Waals surface area contributed by atoms with E-state index in [2.05, 4.69) is 15.3 Å². The number of allylic oxidation sites excluding steroid dienone is 1. The summed E-state index contributed by atoms with van der Waals surface area (Å²) in [6.45, 7) is 5.22. The zero-order chi connectivity index (χ0) is 22.8. The molecule has 32 heavy (non-hydrogen) atoms. The number of aromatic nitrogens is 2. The Bertz CT molecular complexity index is 1300. The van der Waals surface area contributed by atoms with Crippen LogP contribution in [-0.2, 0) is 9.53 Å². The molecule has 0 saturated carbocycles. The van der Waals surface area contributed by atoms with E-state index in [1.54, 1.807) is 45.0 Å². The number of carbonyl (C=O) groups is 1. The summed E-state index contributed by atoms with van der Waals surface area (Å²) in [7, 11) is 0. The fourth-order valence-electron chi connectivity index (χ4n) is 3.75. The van der Waals surface area contributed by atoms with Gasteiger partial charge >= 0.3 is 11.7 Å². The first-order chi connectivity index (χ1) is 15.3. The number of nitrogens with one attached hydrogen (secondary N) is 3. The van der Waals surface area contributed by atoms with Gasteiger partial charge in [0.25, 0.3) is 5.56 Å². The number of carbonyl (C=O) groups excluding carboxylic acids is 1. The molecule has 3 aromatic rings. The molecule has 0 amide bonds. The second kappa shape index (κ2) is 8.58. The van der Waals surface area contributed by atoms with Crippen molar-refractivity contribution in [2.45, 2.75) is 32.8 Å². The number of hydrogen-bond acceptors (Lipinski definition) is 6. The lowest BCUT2D eigenvalue weighted by atomic mass is 9.82. The molecule has 1 aromatic heterocycles. The van der Waals surface area contributed by atoms with Crippen molar-refractivity contribution < 1.29 is 14.3 Å². The summed E-state index contributed by atoms with van der Waals surface area (Å²) in [5, 5.41) is 2.97. The Morgan fingerprint density at radius 2 is 1.69 bits per heavy atom. The van der Waals surface area contributed by atoms with Crippen molar-refractivity contribution >= 4 is 11.8 Å². The summed E-state index contributed by atoms with van der Waals surface area (Å²) in [4.78, 5) is 42.6. The van der Waals surface area contributed by atoms with E-state index in [-0.39, 0.29) is 17.5 Å². The van der Waals surface area contributed by atoms with E-state index in [0.717, 1.165) is 0 Å². The maximum absolute atomic E-state index is 13.0. The van der Waals surface area contributed by atoms with Crippen LogP contribution >= 0.6 is 0 Å². The zero-order valence-corrected chi connectivity index (χ0v) is 17.9. The van der Waals surface area contributed by atoms with Gasteiger partial charge in [0.1, 0.15) is 17.3 Å². The van der Waals surface area contributed by atoms with E-state index in [4.69, 9.17) is 9.47 Å². The van der Waals surface area contributed by atoms with Crippen LogP contribution in [-0.4, -0.2) is 22.0 Å². The van der Waals surface area contributed by atoms with Crippen molar-refractivity contribution in [2.75, 3.05) is 5.32 Å². The highest BCUT2D eigenvalue weighted by Crippen LogP contribution is 2.40. The van der Waals surface area contributed by atoms with Gasteiger partial charge < -0.3 is 14.8 Å². The van der Waals surface area contributed by atoms with Crippen molar-refractivity contribution in [1.29, 1.82) is 0 Å². The molecule has 4 rings (SSSR count). The van der Waals surface area contributed by atoms with Crippen LogP contribution in [0.3, 0.4) is 0 Å². The summed E-state index contributed by atoms with van der Waals surface area (Å²) < 4.78 is 11.4. The largest absolute Gasteiger partial charge is 0.460 e. The third kappa shape index (κ3) is 4.20. The Labute approximate surface area is 183 Å². The number of benzene rings is 2. The Hall–Kier alpha value is -4.07. The molecule has 8 heteroatoms. The lowest BCUT2D eigenvalue weighted by Crippen LogP contribution is -2.35. The quantitative estimate of drug-likeness (QED) is 0.530. The number of aromatic amines is 2. The maximum atomic E-state index is 13.0. The molecular formula is C24H23N3O5. The van der Waals surface area contributed by atoms with Gasteiger partial charge in [-0.1, -0.05) is 30.3 Å². The number of ether oxygens (including phenoxy) is 2. The predicted octanol–water partition coefficient (Wildman–Crippen LogP) is 3.64. The van der Waals surface area contributed by atoms with Gasteiger partial charge in [0.05, 0.1) is 23.2 Å². The summed E-state index contributed by atoms with van der Waals surface area (Å²) in [5.41, 5.74) is 0.432. The minimum Gasteiger partial charge on any atom is -0.460 e. The first-order valence-corrected chi connectivity index (χ1v) is 10.2. The molecule has 0 bridgehead atoms. The third-order valence-electron chi connectivity index (χ3n) is 5.01. The molecule has 0 saturated heterocycles. The first kappa shape index (κ1) is 21.2. The maximum Gasteiger partial charge on any atom is 0.337 e. The Morgan fingerprint density at radius 3 is 2.41 bits per heavy atom. The summed E-state index contributed by atoms with van der Waals surface area (Å²) in [6.07, 6.45) is -0.341. The lowest BCUT2D eigenvalue weighted by Gasteiger charge is -2.29. The van der Waals surface area contributed by atoms with Gasteiger partial charge in [-0.3, -0.25) is 14.8 Å². The minimum atomic E-state index is -0.766. The molecule has 2 aromatic carbocycles. The van der Waals surface area contributed by atoms with Crippen LogP contribution in [0.1, 0.15) is 37.8 Å². The molecule has 1 aliphatic heterocycles. The summed E-state index contributed by atoms with van der Waals surface area (Å²) in [5.74, 6) is 0.141. The van der Waals surface area contributed by atoms with Gasteiger partial charge in [0, 0.05) is 5.70 Å². The standard InChI is InChI=1S/C24H23N3O5/c1-13(2)31-23(29)18-14(3)25-21-20(22(28)27-24(30)26-21)19(18)15-8-7-11-17(12-15)32-16-9-5-4-6-10-16/h4-13,19H,1-3H3,(H3,25,26,27,28,30). The van der Waals surface area contributed by atoms with E-state index in [1.807, 2.05) is 30.3 Å². The molecule has 1 aliphatic rings. The van der Waals surface area contributed by atoms with Crippen molar-refractivity contribution in [1.82, 2.24) is 9.97 Å². The van der Waals surface area contributed by atoms with E-state index in [1.165, 1.54) is 0 Å². The van der Waals surface area contributed by atoms with E-state index < -0.39 is 23.1 Å². The van der Waals surface area contributed by atoms with Gasteiger partial charge in [-0.25, -0.2) is 9.59 Å². The average Bonchev–Trinajstić information content (AvgIpc) is 2.73. The highest BCUT2D eigenvalue weighted by molar-refractivity contribution is 5.94. The molecule has 2 heterocycles. The van der Waals surface area contributed by atoms with Crippen LogP contribution in [0.4, 0.5) is 5.82 Å². The molecular weight excluding hydrogens is 410 g/mol. The Kier molecular flexibility index (Phi) is 5.68. The topological polar surface area (TPSA) is 113 Å². The summed E-state index contributed by atoms with van der Waals surface area (Å²) >= 11 is 0. The van der Waals surface area contributed by atoms with Crippen molar-refractivity contribution in [3.63, 3.8) is 0 Å². The van der Waals surface area contributed by atoms with Crippen molar-refractivity contribution in [3.8, 4) is 11.5 Å². The van der Waals surface area contributed by atoms with Gasteiger partial charge in [0.15, 0.2) is 0 Å². The SMILES string of the molecule is CC1=C(C(=O)OC(C)C)C(c2cccc(Oc3ccccc3)c2)c2c([nH]c(=O)[nH]c2=O)N1. The van der Waals surface area contributed by atoms with E-state index in [0.29, 0.717) is 28.3 Å². The minimum absolute atomic E-state index is 0.225. The second-order valence-corrected chi connectivity index (χ2v) is 7.74. The normalized spacial score (nSPS) is 15.2. The number of H-pyrrole nitrogens is 2. The van der Waals surface area contributed by atoms with Crippen molar-refractivity contribution in [2.24, 2.45) is 0 Å². The highest BCUT2D eigenvalue weighted by atomic mass is 16.5. The first-order valence-electron chi connectivity index (χ1n) is 10.2. The molecule has 1 atom stereocenters. The molecule has 0 spiro atoms. The van der Waals surface area contributed by atoms with Crippen LogP contribution in [0, 0.1) is 0 Å². The van der Waals surface area contributed by atoms with Gasteiger partial charge in [-0.15, -0.1) is 0 Å². The lowest BCUT2D eigenvalue weighted by molar-refractivity contribution is -0.143. The van der Waals surface area contributed by atoms with Gasteiger partial charge in [-0.05, 0) is 50.6 Å². The van der Waals surface area contributed by atoms with Gasteiger partial charge in [-0.2, -0.15) is 0 Å². The molecule has 1 unspecified atom stereocenters. The monoisotopic (exact) mass is 433 g/mol. The predicted molar refractivity (Wildman–Crippen MR) is 120 cm³/mol. The Morgan fingerprint density at radius 1 is 0.969 bits per heavy atom. The van der Waals surface area contributed by atoms with E-state index >= 15 is 0 Å². The zero-order valence-electron chi connectivity index (χ0n) is 17.9. The van der Waals surface area contributed by atoms with Gasteiger partial charge in [0.2, 0.25) is 0 Å². The van der Waals surface area contributed by atoms with Crippen LogP contribution < -0.4 is 21.3 Å². The summed E-state index contributed by atoms with van der Waals surface area (Å²) in [6, 6.07) is 16.4. The third-order valence-corrected chi connectivity index (χ3v) is 5.01. The molecule has 3 N–H and O–H groups in total. The Balaban J connectivity index is 1.86. The second-order valence-electron chi connectivity index (χ2n) is 7.74. The van der Waals surface area contributed by atoms with Crippen LogP contribution in [0.5, 0.6) is 11.5 Å². The fourth-order valence-corrected chi connectivity index (χ4v) is 3.75. The molecule has 0 fully saturated rings. The number of esters is 1. The number of fused-ring (bicyclic) bond motifs is 1. The smallest absolute Gasteiger partial charge is 0.337 e. The number of para-hydroxylation sites is 1. The van der Waals surface area contributed by atoms with Crippen LogP contribution in [0.15, 0.2) is 75.5 Å². The molecule has 8 nitrogen and oxygen atoms in total. The average molecular weight is 433 g/mol. The highest BCUT2D eigenvalue weighted by Gasteiger charge is 2.36. The molecule has 0 aliphatic carbocycles. The fraction of sp³-hybridized carbons (Fsp3) is 0.208. The van der Waals surface area contributed by atoms with Crippen molar-refractivity contribution in [3.05, 3.63) is 97.8 Å². The number of hydrogen-bond donors (Lipinski definition) is 3. The molecule has 164 valence electrons. The number of anilines is 1.